The van der Waals surface area contributed by atoms with E-state index >= 15 is 0 Å². The largest absolute Gasteiger partial charge is 0.497 e. The Balaban J connectivity index is 3.53. The van der Waals surface area contributed by atoms with Gasteiger partial charge in [-0.3, -0.25) is 0 Å². The summed E-state index contributed by atoms with van der Waals surface area (Å²) in [6.45, 7) is 52.7. The normalized spacial score (nSPS) is 18.6. The molecule has 1 aromatic carbocycles. The van der Waals surface area contributed by atoms with Gasteiger partial charge in [-0.05, 0) is 115 Å². The molecule has 0 spiro atoms. The summed E-state index contributed by atoms with van der Waals surface area (Å²) in [6, 6.07) is 8.15. The third kappa shape index (κ3) is 22.0. The summed E-state index contributed by atoms with van der Waals surface area (Å²) in [5.41, 5.74) is 1.11. The van der Waals surface area contributed by atoms with E-state index in [9.17, 15) is 9.90 Å². The van der Waals surface area contributed by atoms with Crippen LogP contribution in [-0.2, 0) is 34.2 Å². The van der Waals surface area contributed by atoms with Crippen molar-refractivity contribution in [1.29, 1.82) is 0 Å². The van der Waals surface area contributed by atoms with Gasteiger partial charge in [-0.2, -0.15) is 0 Å². The lowest BCUT2D eigenvalue weighted by molar-refractivity contribution is -0.134. The van der Waals surface area contributed by atoms with Crippen LogP contribution in [0, 0.1) is 35.5 Å². The Morgan fingerprint density at radius 1 is 0.629 bits per heavy atom. The molecular weight excluding hydrogens is 921 g/mol. The van der Waals surface area contributed by atoms with Gasteiger partial charge in [0.15, 0.2) is 25.0 Å². The van der Waals surface area contributed by atoms with Crippen LogP contribution in [0.2, 0.25) is 54.4 Å². The minimum Gasteiger partial charge on any atom is -0.497 e. The van der Waals surface area contributed by atoms with Gasteiger partial charge in [0.2, 0.25) is 0 Å². The average Bonchev–Trinajstić information content (AvgIpc) is 3.25. The van der Waals surface area contributed by atoms with E-state index in [0.717, 1.165) is 30.6 Å². The van der Waals surface area contributed by atoms with Crippen LogP contribution in [0.4, 0.5) is 0 Å². The molecule has 70 heavy (non-hydrogen) atoms. The first-order chi connectivity index (χ1) is 32.0. The van der Waals surface area contributed by atoms with Crippen molar-refractivity contribution in [3.8, 4) is 5.75 Å². The van der Waals surface area contributed by atoms with E-state index in [1.54, 1.807) is 13.2 Å². The van der Waals surface area contributed by atoms with Crippen LogP contribution in [0.25, 0.3) is 0 Å². The molecule has 0 saturated carbocycles. The number of rotatable bonds is 30. The minimum absolute atomic E-state index is 0.00166. The van der Waals surface area contributed by atoms with Gasteiger partial charge in [-0.25, -0.2) is 4.79 Å². The molecule has 0 aliphatic rings. The molecule has 1 N–H and O–H groups in total. The number of aliphatic hydroxyl groups excluding tert-OH is 1. The standard InChI is InChI=1S/C59H106O8Si3/c1-25-26-29-45(4)56(64-42-49-34-37-51(62-17)38-35-49)48(7)52(65-68(19,20)57(8,9)10)39-32-43(2)40-47(6)55(67-70(23,24)59(14,15)16)46(5)33-36-50(60)41-53(66-69(21,22)58(11,12)13)44(3)30-27-28-31-54(61)63-18/h25-31,33-38,43-48,50,52-53,55-56,60H,1,32,39-42H2,2-24H3/b29-26-,30-27+,31-28-,36-33-/t43-,44+,45-,46-,47-,48-,50-,52+,53-,55-,56-/m0/s1. The Bertz CT molecular complexity index is 1800. The molecule has 0 aliphatic carbocycles. The van der Waals surface area contributed by atoms with Gasteiger partial charge in [0.05, 0.1) is 51.3 Å². The highest BCUT2D eigenvalue weighted by atomic mass is 28.4. The van der Waals surface area contributed by atoms with E-state index in [1.807, 2.05) is 42.5 Å². The van der Waals surface area contributed by atoms with E-state index in [0.29, 0.717) is 18.9 Å². The van der Waals surface area contributed by atoms with Gasteiger partial charge in [0, 0.05) is 24.3 Å². The SMILES string of the molecule is C=C/C=C\[C@H](C)[C@H](OCc1ccc(OC)cc1)[C@@H](C)[C@@H](CC[C@H](C)C[C@H](C)[C@@H](O[Si](C)(C)C(C)(C)C)[C@@H](C)/C=C\[C@H](O)C[C@H](O[Si](C)(C)C(C)(C)C)[C@H](C)/C=C/C=C\C(=O)OC)O[Si](C)(C)C(C)(C)C. The fourth-order valence-corrected chi connectivity index (χ4v) is 12.4. The zero-order valence-electron chi connectivity index (χ0n) is 48.9. The summed E-state index contributed by atoms with van der Waals surface area (Å²) in [5, 5.41) is 11.8. The van der Waals surface area contributed by atoms with Crippen molar-refractivity contribution < 1.29 is 37.4 Å². The first-order valence-corrected chi connectivity index (χ1v) is 35.1. The predicted molar refractivity (Wildman–Crippen MR) is 306 cm³/mol. The maximum atomic E-state index is 11.7. The van der Waals surface area contributed by atoms with Crippen molar-refractivity contribution in [1.82, 2.24) is 0 Å². The predicted octanol–water partition coefficient (Wildman–Crippen LogP) is 16.1. The number of allylic oxidation sites excluding steroid dienone is 4. The van der Waals surface area contributed by atoms with Crippen LogP contribution in [0.5, 0.6) is 5.75 Å². The molecule has 0 radical (unpaired) electrons. The molecule has 0 saturated heterocycles. The summed E-state index contributed by atoms with van der Waals surface area (Å²) in [6.07, 6.45) is 19.7. The van der Waals surface area contributed by atoms with Crippen LogP contribution in [0.3, 0.4) is 0 Å². The number of hydrogen-bond donors (Lipinski definition) is 1. The van der Waals surface area contributed by atoms with Crippen LogP contribution >= 0.6 is 0 Å². The van der Waals surface area contributed by atoms with Gasteiger partial charge >= 0.3 is 5.97 Å². The van der Waals surface area contributed by atoms with E-state index in [-0.39, 0.29) is 69.1 Å². The van der Waals surface area contributed by atoms with E-state index in [1.165, 1.54) is 13.2 Å². The zero-order valence-corrected chi connectivity index (χ0v) is 51.9. The summed E-state index contributed by atoms with van der Waals surface area (Å²) >= 11 is 0. The Morgan fingerprint density at radius 3 is 1.63 bits per heavy atom. The molecule has 0 aliphatic heterocycles. The maximum absolute atomic E-state index is 11.7. The van der Waals surface area contributed by atoms with Gasteiger partial charge in [0.1, 0.15) is 5.75 Å². The average molecular weight is 1030 g/mol. The van der Waals surface area contributed by atoms with Gasteiger partial charge in [0.25, 0.3) is 0 Å². The highest BCUT2D eigenvalue weighted by Crippen LogP contribution is 2.43. The van der Waals surface area contributed by atoms with Crippen LogP contribution in [-0.4, -0.2) is 80.8 Å². The molecule has 0 unspecified atom stereocenters. The van der Waals surface area contributed by atoms with Gasteiger partial charge in [-0.1, -0.05) is 171 Å². The molecule has 0 heterocycles. The second-order valence-corrected chi connectivity index (χ2v) is 39.5. The fraction of sp³-hybridized carbons (Fsp3) is 0.712. The highest BCUT2D eigenvalue weighted by molar-refractivity contribution is 6.75. The molecule has 0 amide bonds. The number of ether oxygens (including phenoxy) is 3. The number of esters is 1. The van der Waals surface area contributed by atoms with Crippen LogP contribution in [0.1, 0.15) is 135 Å². The summed E-state index contributed by atoms with van der Waals surface area (Å²) in [5.74, 6) is 1.46. The number of hydrogen-bond acceptors (Lipinski definition) is 8. The number of benzene rings is 1. The first kappa shape index (κ1) is 65.7. The van der Waals surface area contributed by atoms with Crippen LogP contribution in [0.15, 0.2) is 85.5 Å². The van der Waals surface area contributed by atoms with Crippen molar-refractivity contribution in [2.24, 2.45) is 35.5 Å². The molecule has 0 aromatic heterocycles. The number of methoxy groups -OCH3 is 2. The lowest BCUT2D eigenvalue weighted by Crippen LogP contribution is -2.48. The summed E-state index contributed by atoms with van der Waals surface area (Å²) in [7, 11) is -3.46. The third-order valence-electron chi connectivity index (χ3n) is 16.0. The van der Waals surface area contributed by atoms with E-state index in [2.05, 4.69) is 174 Å². The Kier molecular flexibility index (Phi) is 27.1. The molecule has 402 valence electrons. The van der Waals surface area contributed by atoms with Crippen molar-refractivity contribution >= 4 is 30.9 Å². The third-order valence-corrected chi connectivity index (χ3v) is 29.5. The van der Waals surface area contributed by atoms with E-state index < -0.39 is 37.0 Å². The molecule has 8 nitrogen and oxygen atoms in total. The molecule has 11 heteroatoms. The topological polar surface area (TPSA) is 92.7 Å². The van der Waals surface area contributed by atoms with E-state index in [4.69, 9.17) is 27.5 Å². The quantitative estimate of drug-likeness (QED) is 0.0268. The Hall–Kier alpha value is -2.36. The minimum atomic E-state index is -2.18. The first-order valence-electron chi connectivity index (χ1n) is 26.4. The molecule has 0 bridgehead atoms. The molecular formula is C59H106O8Si3. The molecule has 0 fully saturated rings. The number of carbonyl (C=O) groups excluding carboxylic acids is 1. The second kappa shape index (κ2) is 28.9. The second-order valence-electron chi connectivity index (χ2n) is 25.2. The lowest BCUT2D eigenvalue weighted by atomic mass is 9.82. The lowest BCUT2D eigenvalue weighted by Gasteiger charge is -2.44. The Morgan fingerprint density at radius 2 is 1.13 bits per heavy atom. The van der Waals surface area contributed by atoms with Gasteiger partial charge < -0.3 is 32.6 Å². The maximum Gasteiger partial charge on any atom is 0.330 e. The smallest absolute Gasteiger partial charge is 0.330 e. The monoisotopic (exact) mass is 1030 g/mol. The fourth-order valence-electron chi connectivity index (χ4n) is 8.07. The van der Waals surface area contributed by atoms with Crippen molar-refractivity contribution in [2.75, 3.05) is 14.2 Å². The Labute approximate surface area is 433 Å². The van der Waals surface area contributed by atoms with Crippen molar-refractivity contribution in [3.05, 3.63) is 91.1 Å². The number of carbonyl (C=O) groups is 1. The highest BCUT2D eigenvalue weighted by Gasteiger charge is 2.44. The molecule has 11 atom stereocenters. The van der Waals surface area contributed by atoms with Crippen molar-refractivity contribution in [2.45, 2.75) is 221 Å². The summed E-state index contributed by atoms with van der Waals surface area (Å²) < 4.78 is 38.8. The van der Waals surface area contributed by atoms with Crippen molar-refractivity contribution in [3.63, 3.8) is 0 Å². The van der Waals surface area contributed by atoms with Crippen LogP contribution < -0.4 is 4.74 Å². The zero-order chi connectivity index (χ0) is 54.1. The molecule has 1 aromatic rings. The van der Waals surface area contributed by atoms with Gasteiger partial charge in [-0.15, -0.1) is 0 Å². The summed E-state index contributed by atoms with van der Waals surface area (Å²) in [4.78, 5) is 11.7. The number of aliphatic hydroxyl groups is 1. The molecule has 1 rings (SSSR count).